The molecule has 1 aromatic rings. The minimum absolute atomic E-state index is 0.0189. The molecule has 3 N–H and O–H groups in total. The molecule has 1 amide bonds. The average Bonchev–Trinajstić information content (AvgIpc) is 2.71. The van der Waals surface area contributed by atoms with Crippen molar-refractivity contribution >= 4 is 29.4 Å². The predicted octanol–water partition coefficient (Wildman–Crippen LogP) is 2.28. The lowest BCUT2D eigenvalue weighted by Crippen LogP contribution is -2.42. The Hall–Kier alpha value is -2.77. The number of hydrogen-bond acceptors (Lipinski definition) is 7. The van der Waals surface area contributed by atoms with Crippen molar-refractivity contribution in [3.63, 3.8) is 0 Å². The van der Waals surface area contributed by atoms with E-state index in [-0.39, 0.29) is 35.8 Å². The average molecular weight is 498 g/mol. The molecule has 0 aliphatic rings. The van der Waals surface area contributed by atoms with Gasteiger partial charge >= 0.3 is 12.1 Å². The molecule has 10 nitrogen and oxygen atoms in total. The maximum absolute atomic E-state index is 12.8. The number of nitrogens with one attached hydrogen (secondary N) is 1. The van der Waals surface area contributed by atoms with E-state index >= 15 is 0 Å². The Kier molecular flexibility index (Phi) is 11.2. The molecule has 1 rings (SSSR count). The molecule has 0 heterocycles. The molecule has 0 bridgehead atoms. The third kappa shape index (κ3) is 10.1. The van der Waals surface area contributed by atoms with Crippen molar-refractivity contribution in [2.24, 2.45) is 5.73 Å². The monoisotopic (exact) mass is 497 g/mol. The lowest BCUT2D eigenvalue weighted by molar-refractivity contribution is -0.317. The van der Waals surface area contributed by atoms with E-state index in [1.165, 1.54) is 18.2 Å². The molecule has 0 fully saturated rings. The Morgan fingerprint density at radius 1 is 1.15 bits per heavy atom. The number of halogens is 4. The van der Waals surface area contributed by atoms with Crippen LogP contribution in [0.2, 0.25) is 5.02 Å². The van der Waals surface area contributed by atoms with Gasteiger partial charge in [-0.05, 0) is 44.4 Å². The van der Waals surface area contributed by atoms with Crippen molar-refractivity contribution < 1.29 is 37.2 Å². The number of ether oxygens (including phenoxy) is 1. The number of guanidine groups is 1. The van der Waals surface area contributed by atoms with Gasteiger partial charge < -0.3 is 25.1 Å². The highest BCUT2D eigenvalue weighted by Gasteiger charge is 2.43. The van der Waals surface area contributed by atoms with E-state index in [0.717, 1.165) is 0 Å². The van der Waals surface area contributed by atoms with Gasteiger partial charge in [-0.15, -0.1) is 0 Å². The first-order valence-corrected chi connectivity index (χ1v) is 10.2. The molecule has 0 aliphatic heterocycles. The first-order valence-electron chi connectivity index (χ1n) is 9.78. The minimum Gasteiger partial charge on any atom is -0.493 e. The number of hydroxylamine groups is 2. The molecular formula is C19H27ClF3N5O5. The number of benzene rings is 1. The van der Waals surface area contributed by atoms with Gasteiger partial charge in [-0.3, -0.25) is 10.2 Å². The topological polar surface area (TPSA) is 121 Å². The molecule has 14 heteroatoms. The maximum atomic E-state index is 12.8. The highest BCUT2D eigenvalue weighted by molar-refractivity contribution is 6.31. The third-order valence-corrected chi connectivity index (χ3v) is 4.18. The highest BCUT2D eigenvalue weighted by Crippen LogP contribution is 2.22. The smallest absolute Gasteiger partial charge is 0.493 e. The van der Waals surface area contributed by atoms with Gasteiger partial charge in [-0.2, -0.15) is 13.2 Å². The summed E-state index contributed by atoms with van der Waals surface area (Å²) in [7, 11) is 3.81. The van der Waals surface area contributed by atoms with E-state index in [1.54, 1.807) is 4.90 Å². The molecular weight excluding hydrogens is 471 g/mol. The van der Waals surface area contributed by atoms with Crippen LogP contribution >= 0.6 is 11.6 Å². The quantitative estimate of drug-likeness (QED) is 0.207. The van der Waals surface area contributed by atoms with E-state index in [1.807, 2.05) is 25.9 Å². The Morgan fingerprint density at radius 2 is 1.82 bits per heavy atom. The van der Waals surface area contributed by atoms with E-state index < -0.39 is 18.1 Å². The van der Waals surface area contributed by atoms with Crippen LogP contribution in [0.15, 0.2) is 18.2 Å². The molecule has 0 saturated heterocycles. The summed E-state index contributed by atoms with van der Waals surface area (Å²) in [4.78, 5) is 35.8. The number of likely N-dealkylation sites (N-methyl/N-ethyl adjacent to an activating group) is 2. The summed E-state index contributed by atoms with van der Waals surface area (Å²) in [6.45, 7) is 3.34. The van der Waals surface area contributed by atoms with Crippen LogP contribution in [-0.4, -0.2) is 86.0 Å². The van der Waals surface area contributed by atoms with Gasteiger partial charge in [0.1, 0.15) is 5.75 Å². The number of nitrogens with two attached hydrogens (primary N) is 1. The SMILES string of the molecule is CCN(CCN(C)C)C(=O)c1cc(Cl)cc(OCCCON(OC(=O)C(F)(F)F)C(=N)N)c1. The van der Waals surface area contributed by atoms with Gasteiger partial charge in [-0.25, -0.2) is 9.63 Å². The van der Waals surface area contributed by atoms with Crippen molar-refractivity contribution in [3.05, 3.63) is 28.8 Å². The van der Waals surface area contributed by atoms with Crippen LogP contribution in [0.5, 0.6) is 5.75 Å². The summed E-state index contributed by atoms with van der Waals surface area (Å²) < 4.78 is 42.3. The number of rotatable bonds is 11. The van der Waals surface area contributed by atoms with Gasteiger partial charge in [0.05, 0.1) is 13.2 Å². The first kappa shape index (κ1) is 28.3. The summed E-state index contributed by atoms with van der Waals surface area (Å²) in [6, 6.07) is 4.56. The van der Waals surface area contributed by atoms with Crippen molar-refractivity contribution in [3.8, 4) is 5.75 Å². The summed E-state index contributed by atoms with van der Waals surface area (Å²) in [5.41, 5.74) is 5.37. The van der Waals surface area contributed by atoms with Gasteiger partial charge in [0.15, 0.2) is 0 Å². The lowest BCUT2D eigenvalue weighted by Gasteiger charge is -2.23. The second-order valence-corrected chi connectivity index (χ2v) is 7.35. The van der Waals surface area contributed by atoms with Gasteiger partial charge in [0.25, 0.3) is 11.9 Å². The van der Waals surface area contributed by atoms with Crippen LogP contribution in [0, 0.1) is 5.41 Å². The zero-order valence-electron chi connectivity index (χ0n) is 18.4. The summed E-state index contributed by atoms with van der Waals surface area (Å²) in [6.07, 6.45) is -5.16. The van der Waals surface area contributed by atoms with Crippen LogP contribution in [0.1, 0.15) is 23.7 Å². The molecule has 0 unspecified atom stereocenters. The Morgan fingerprint density at radius 3 is 2.36 bits per heavy atom. The van der Waals surface area contributed by atoms with E-state index in [9.17, 15) is 22.8 Å². The third-order valence-electron chi connectivity index (χ3n) is 3.96. The predicted molar refractivity (Wildman–Crippen MR) is 114 cm³/mol. The molecule has 0 aliphatic carbocycles. The maximum Gasteiger partial charge on any atom is 0.493 e. The first-order chi connectivity index (χ1) is 15.3. The summed E-state index contributed by atoms with van der Waals surface area (Å²) in [5, 5.41) is 7.25. The van der Waals surface area contributed by atoms with Crippen molar-refractivity contribution in [2.45, 2.75) is 19.5 Å². The van der Waals surface area contributed by atoms with Crippen LogP contribution in [-0.2, 0) is 14.5 Å². The molecule has 186 valence electrons. The summed E-state index contributed by atoms with van der Waals surface area (Å²) >= 11 is 6.10. The van der Waals surface area contributed by atoms with E-state index in [2.05, 4.69) is 4.84 Å². The number of hydrogen-bond donors (Lipinski definition) is 2. The van der Waals surface area contributed by atoms with E-state index in [4.69, 9.17) is 32.3 Å². The fourth-order valence-corrected chi connectivity index (χ4v) is 2.57. The second kappa shape index (κ2) is 13.1. The Labute approximate surface area is 194 Å². The Bertz CT molecular complexity index is 825. The molecule has 0 atom stereocenters. The largest absolute Gasteiger partial charge is 0.493 e. The molecule has 33 heavy (non-hydrogen) atoms. The van der Waals surface area contributed by atoms with Crippen LogP contribution in [0.4, 0.5) is 13.2 Å². The van der Waals surface area contributed by atoms with Gasteiger partial charge in [0, 0.05) is 36.6 Å². The standard InChI is InChI=1S/C19H27ClF3N5O5/c1-4-27(7-6-26(2)3)16(29)13-10-14(20)12-15(11-13)31-8-5-9-32-28(18(24)25)33-17(30)19(21,22)23/h10-12H,4-9H2,1-3H3,(H3,24,25). The molecule has 0 radical (unpaired) electrons. The zero-order chi connectivity index (χ0) is 25.2. The van der Waals surface area contributed by atoms with Crippen LogP contribution in [0.3, 0.4) is 0 Å². The van der Waals surface area contributed by atoms with Crippen molar-refractivity contribution in [2.75, 3.05) is 46.9 Å². The number of amides is 1. The number of carbonyl (C=O) groups excluding carboxylic acids is 2. The number of carbonyl (C=O) groups is 2. The number of nitrogens with zero attached hydrogens (tertiary/aromatic N) is 3. The lowest BCUT2D eigenvalue weighted by atomic mass is 10.2. The second-order valence-electron chi connectivity index (χ2n) is 6.92. The fourth-order valence-electron chi connectivity index (χ4n) is 2.34. The zero-order valence-corrected chi connectivity index (χ0v) is 19.2. The molecule has 1 aromatic carbocycles. The van der Waals surface area contributed by atoms with E-state index in [0.29, 0.717) is 30.9 Å². The van der Waals surface area contributed by atoms with Gasteiger partial charge in [0.2, 0.25) is 0 Å². The van der Waals surface area contributed by atoms with Gasteiger partial charge in [-0.1, -0.05) is 11.6 Å². The Balaban J connectivity index is 2.63. The normalized spacial score (nSPS) is 11.3. The molecule has 0 spiro atoms. The van der Waals surface area contributed by atoms with Crippen molar-refractivity contribution in [1.82, 2.24) is 15.0 Å². The van der Waals surface area contributed by atoms with Crippen molar-refractivity contribution in [1.29, 1.82) is 5.41 Å². The molecule has 0 saturated carbocycles. The number of alkyl halides is 3. The van der Waals surface area contributed by atoms with Crippen LogP contribution in [0.25, 0.3) is 0 Å². The fraction of sp³-hybridized carbons (Fsp3) is 0.526. The summed E-state index contributed by atoms with van der Waals surface area (Å²) in [5.74, 6) is -3.54. The minimum atomic E-state index is -5.28. The highest BCUT2D eigenvalue weighted by atomic mass is 35.5. The van der Waals surface area contributed by atoms with Crippen LogP contribution < -0.4 is 10.5 Å². The molecule has 0 aromatic heterocycles.